The second-order valence-electron chi connectivity index (χ2n) is 4.36. The van der Waals surface area contributed by atoms with Crippen molar-refractivity contribution in [2.45, 2.75) is 26.2 Å². The lowest BCUT2D eigenvalue weighted by atomic mass is 10.1. The van der Waals surface area contributed by atoms with E-state index in [-0.39, 0.29) is 0 Å². The van der Waals surface area contributed by atoms with Crippen LogP contribution in [0.5, 0.6) is 0 Å². The summed E-state index contributed by atoms with van der Waals surface area (Å²) in [5.74, 6) is 1.31. The fourth-order valence-corrected chi connectivity index (χ4v) is 1.75. The Bertz CT molecular complexity index is 488. The number of rotatable bonds is 4. The van der Waals surface area contributed by atoms with Crippen molar-refractivity contribution in [1.29, 1.82) is 0 Å². The van der Waals surface area contributed by atoms with Crippen LogP contribution < -0.4 is 5.73 Å². The van der Waals surface area contributed by atoms with Crippen LogP contribution in [0.1, 0.15) is 31.0 Å². The quantitative estimate of drug-likeness (QED) is 0.872. The molecule has 0 atom stereocenters. The Morgan fingerprint density at radius 3 is 2.82 bits per heavy atom. The zero-order valence-electron chi connectivity index (χ0n) is 10.3. The Kier molecular flexibility index (Phi) is 3.54. The van der Waals surface area contributed by atoms with Crippen LogP contribution in [0.3, 0.4) is 0 Å². The number of nitrogens with two attached hydrogens (primary N) is 1. The van der Waals surface area contributed by atoms with Crippen molar-refractivity contribution in [2.24, 2.45) is 5.73 Å². The Balaban J connectivity index is 2.38. The SMILES string of the molecule is CC(C)c1ccn(-c2ncccc2CCN)n1. The van der Waals surface area contributed by atoms with Crippen molar-refractivity contribution in [3.05, 3.63) is 41.9 Å². The van der Waals surface area contributed by atoms with E-state index in [9.17, 15) is 0 Å². The molecule has 17 heavy (non-hydrogen) atoms. The van der Waals surface area contributed by atoms with E-state index < -0.39 is 0 Å². The van der Waals surface area contributed by atoms with Crippen LogP contribution in [0.25, 0.3) is 5.82 Å². The smallest absolute Gasteiger partial charge is 0.156 e. The molecule has 2 heterocycles. The third-order valence-corrected chi connectivity index (χ3v) is 2.70. The highest BCUT2D eigenvalue weighted by Crippen LogP contribution is 2.15. The maximum absolute atomic E-state index is 5.60. The lowest BCUT2D eigenvalue weighted by Crippen LogP contribution is -2.09. The van der Waals surface area contributed by atoms with Crippen LogP contribution in [0.4, 0.5) is 0 Å². The monoisotopic (exact) mass is 230 g/mol. The Hall–Kier alpha value is -1.68. The molecule has 0 aromatic carbocycles. The average molecular weight is 230 g/mol. The number of nitrogens with zero attached hydrogens (tertiary/aromatic N) is 3. The van der Waals surface area contributed by atoms with Gasteiger partial charge in [-0.15, -0.1) is 0 Å². The standard InChI is InChI=1S/C13H18N4/c1-10(2)12-6-9-17(16-12)13-11(5-7-14)4-3-8-15-13/h3-4,6,8-10H,5,7,14H2,1-2H3. The molecule has 4 heteroatoms. The van der Waals surface area contributed by atoms with E-state index in [1.54, 1.807) is 6.20 Å². The molecule has 2 N–H and O–H groups in total. The topological polar surface area (TPSA) is 56.7 Å². The van der Waals surface area contributed by atoms with Gasteiger partial charge in [-0.05, 0) is 36.6 Å². The molecule has 0 saturated heterocycles. The first-order chi connectivity index (χ1) is 8.22. The Labute approximate surface area is 101 Å². The first kappa shape index (κ1) is 11.8. The predicted octanol–water partition coefficient (Wildman–Crippen LogP) is 1.89. The minimum Gasteiger partial charge on any atom is -0.330 e. The van der Waals surface area contributed by atoms with Crippen LogP contribution >= 0.6 is 0 Å². The lowest BCUT2D eigenvalue weighted by Gasteiger charge is -2.07. The van der Waals surface area contributed by atoms with Gasteiger partial charge in [0.25, 0.3) is 0 Å². The number of aromatic nitrogens is 3. The van der Waals surface area contributed by atoms with Gasteiger partial charge in [-0.25, -0.2) is 9.67 Å². The van der Waals surface area contributed by atoms with Crippen LogP contribution in [0.2, 0.25) is 0 Å². The third kappa shape index (κ3) is 2.53. The molecule has 2 aromatic heterocycles. The molecule has 0 saturated carbocycles. The van der Waals surface area contributed by atoms with Gasteiger partial charge in [0, 0.05) is 12.4 Å². The van der Waals surface area contributed by atoms with E-state index in [4.69, 9.17) is 5.73 Å². The fourth-order valence-electron chi connectivity index (χ4n) is 1.75. The highest BCUT2D eigenvalue weighted by atomic mass is 15.3. The summed E-state index contributed by atoms with van der Waals surface area (Å²) >= 11 is 0. The second kappa shape index (κ2) is 5.10. The van der Waals surface area contributed by atoms with E-state index in [0.717, 1.165) is 23.5 Å². The normalized spacial score (nSPS) is 11.1. The molecule has 0 spiro atoms. The van der Waals surface area contributed by atoms with Crippen LogP contribution in [-0.4, -0.2) is 21.3 Å². The summed E-state index contributed by atoms with van der Waals surface area (Å²) in [7, 11) is 0. The molecule has 0 aliphatic heterocycles. The van der Waals surface area contributed by atoms with Gasteiger partial charge in [0.2, 0.25) is 0 Å². The van der Waals surface area contributed by atoms with Gasteiger partial charge in [0.15, 0.2) is 5.82 Å². The molecule has 0 amide bonds. The van der Waals surface area contributed by atoms with Gasteiger partial charge in [0.1, 0.15) is 0 Å². The zero-order valence-corrected chi connectivity index (χ0v) is 10.3. The first-order valence-corrected chi connectivity index (χ1v) is 5.92. The molecule has 90 valence electrons. The Morgan fingerprint density at radius 2 is 2.18 bits per heavy atom. The van der Waals surface area contributed by atoms with E-state index in [1.165, 1.54) is 0 Å². The molecule has 0 aliphatic carbocycles. The van der Waals surface area contributed by atoms with Crippen molar-refractivity contribution in [1.82, 2.24) is 14.8 Å². The molecule has 0 unspecified atom stereocenters. The molecule has 0 bridgehead atoms. The molecular weight excluding hydrogens is 212 g/mol. The van der Waals surface area contributed by atoms with E-state index in [2.05, 4.69) is 23.9 Å². The summed E-state index contributed by atoms with van der Waals surface area (Å²) in [6, 6.07) is 6.01. The maximum Gasteiger partial charge on any atom is 0.156 e. The predicted molar refractivity (Wildman–Crippen MR) is 68.2 cm³/mol. The van der Waals surface area contributed by atoms with Crippen LogP contribution in [-0.2, 0) is 6.42 Å². The highest BCUT2D eigenvalue weighted by molar-refractivity contribution is 5.33. The largest absolute Gasteiger partial charge is 0.330 e. The van der Waals surface area contributed by atoms with E-state index >= 15 is 0 Å². The van der Waals surface area contributed by atoms with Gasteiger partial charge in [0.05, 0.1) is 5.69 Å². The number of pyridine rings is 1. The summed E-state index contributed by atoms with van der Waals surface area (Å²) in [6.07, 6.45) is 4.56. The molecule has 2 aromatic rings. The molecule has 4 nitrogen and oxygen atoms in total. The highest BCUT2D eigenvalue weighted by Gasteiger charge is 2.08. The summed E-state index contributed by atoms with van der Waals surface area (Å²) in [4.78, 5) is 4.39. The molecule has 0 radical (unpaired) electrons. The summed E-state index contributed by atoms with van der Waals surface area (Å²) in [6.45, 7) is 4.88. The van der Waals surface area contributed by atoms with Crippen molar-refractivity contribution in [3.63, 3.8) is 0 Å². The van der Waals surface area contributed by atoms with Crippen LogP contribution in [0, 0.1) is 0 Å². The van der Waals surface area contributed by atoms with Crippen LogP contribution in [0.15, 0.2) is 30.6 Å². The molecule has 0 fully saturated rings. The maximum atomic E-state index is 5.60. The summed E-state index contributed by atoms with van der Waals surface area (Å²) < 4.78 is 1.83. The number of hydrogen-bond donors (Lipinski definition) is 1. The van der Waals surface area contributed by atoms with Gasteiger partial charge in [-0.1, -0.05) is 19.9 Å². The van der Waals surface area contributed by atoms with Gasteiger partial charge < -0.3 is 5.73 Å². The number of hydrogen-bond acceptors (Lipinski definition) is 3. The second-order valence-corrected chi connectivity index (χ2v) is 4.36. The van der Waals surface area contributed by atoms with Crippen molar-refractivity contribution < 1.29 is 0 Å². The minimum atomic E-state index is 0.429. The lowest BCUT2D eigenvalue weighted by molar-refractivity contribution is 0.749. The summed E-state index contributed by atoms with van der Waals surface area (Å²) in [5, 5.41) is 4.54. The summed E-state index contributed by atoms with van der Waals surface area (Å²) in [5.41, 5.74) is 7.81. The Morgan fingerprint density at radius 1 is 1.35 bits per heavy atom. The van der Waals surface area contributed by atoms with Crippen molar-refractivity contribution >= 4 is 0 Å². The van der Waals surface area contributed by atoms with Crippen molar-refractivity contribution in [3.8, 4) is 5.82 Å². The minimum absolute atomic E-state index is 0.429. The molecular formula is C13H18N4. The van der Waals surface area contributed by atoms with Gasteiger partial charge >= 0.3 is 0 Å². The molecule has 0 aliphatic rings. The zero-order chi connectivity index (χ0) is 12.3. The first-order valence-electron chi connectivity index (χ1n) is 5.92. The third-order valence-electron chi connectivity index (χ3n) is 2.70. The fraction of sp³-hybridized carbons (Fsp3) is 0.385. The van der Waals surface area contributed by atoms with E-state index in [1.807, 2.05) is 29.1 Å². The molecule has 2 rings (SSSR count). The van der Waals surface area contributed by atoms with Crippen molar-refractivity contribution in [2.75, 3.05) is 6.54 Å². The average Bonchev–Trinajstić information content (AvgIpc) is 2.79. The van der Waals surface area contributed by atoms with E-state index in [0.29, 0.717) is 12.5 Å². The van der Waals surface area contributed by atoms with Gasteiger partial charge in [-0.2, -0.15) is 5.10 Å². The van der Waals surface area contributed by atoms with Gasteiger partial charge in [-0.3, -0.25) is 0 Å².